The standard InChI is InChI=1S/C21H17N7O/c29-20-17-13-25-27-18(17)16-12-24-21(23-11-9-14-6-4-5-10-22-14)26-19(16)28(20)15-7-2-1-3-8-15/h1-8,10,12-13H,9,11H2,(H,25,27)(H,23,24,26). The Labute approximate surface area is 165 Å². The summed E-state index contributed by atoms with van der Waals surface area (Å²) >= 11 is 0. The summed E-state index contributed by atoms with van der Waals surface area (Å²) in [6.07, 6.45) is 5.77. The molecule has 0 atom stereocenters. The first-order valence-electron chi connectivity index (χ1n) is 9.25. The summed E-state index contributed by atoms with van der Waals surface area (Å²) in [6.45, 7) is 0.629. The van der Waals surface area contributed by atoms with Crippen LogP contribution in [0.1, 0.15) is 5.69 Å². The summed E-state index contributed by atoms with van der Waals surface area (Å²) in [4.78, 5) is 26.5. The number of hydrogen-bond acceptors (Lipinski definition) is 6. The molecule has 8 nitrogen and oxygen atoms in total. The Balaban J connectivity index is 1.59. The first-order valence-corrected chi connectivity index (χ1v) is 9.25. The van der Waals surface area contributed by atoms with E-state index in [-0.39, 0.29) is 5.56 Å². The van der Waals surface area contributed by atoms with E-state index >= 15 is 0 Å². The van der Waals surface area contributed by atoms with Gasteiger partial charge in [-0.05, 0) is 24.3 Å². The molecule has 0 saturated carbocycles. The molecule has 8 heteroatoms. The molecule has 0 amide bonds. The number of aromatic nitrogens is 6. The van der Waals surface area contributed by atoms with Crippen molar-refractivity contribution in [2.45, 2.75) is 6.42 Å². The highest BCUT2D eigenvalue weighted by molar-refractivity contribution is 6.02. The molecule has 5 aromatic rings. The zero-order valence-electron chi connectivity index (χ0n) is 15.4. The minimum absolute atomic E-state index is 0.175. The number of benzene rings is 1. The highest BCUT2D eigenvalue weighted by Crippen LogP contribution is 2.22. The number of rotatable bonds is 5. The molecular weight excluding hydrogens is 366 g/mol. The van der Waals surface area contributed by atoms with Crippen molar-refractivity contribution in [1.29, 1.82) is 0 Å². The van der Waals surface area contributed by atoms with E-state index in [0.29, 0.717) is 29.0 Å². The van der Waals surface area contributed by atoms with Crippen molar-refractivity contribution in [3.8, 4) is 5.69 Å². The summed E-state index contributed by atoms with van der Waals surface area (Å²) in [7, 11) is 0. The average Bonchev–Trinajstić information content (AvgIpc) is 3.26. The maximum absolute atomic E-state index is 13.1. The highest BCUT2D eigenvalue weighted by atomic mass is 16.1. The number of pyridine rings is 2. The maximum Gasteiger partial charge on any atom is 0.267 e. The maximum atomic E-state index is 13.1. The normalized spacial score (nSPS) is 11.2. The van der Waals surface area contributed by atoms with Crippen LogP contribution in [-0.2, 0) is 6.42 Å². The van der Waals surface area contributed by atoms with E-state index in [2.05, 4.69) is 30.5 Å². The van der Waals surface area contributed by atoms with E-state index in [1.54, 1.807) is 17.0 Å². The third kappa shape index (κ3) is 3.10. The Hall–Kier alpha value is -4.07. The van der Waals surface area contributed by atoms with Gasteiger partial charge in [0, 0.05) is 31.1 Å². The topological polar surface area (TPSA) is 101 Å². The lowest BCUT2D eigenvalue weighted by Gasteiger charge is -2.12. The molecular formula is C21H17N7O. The van der Waals surface area contributed by atoms with Crippen LogP contribution in [0.2, 0.25) is 0 Å². The molecule has 142 valence electrons. The number of nitrogens with one attached hydrogen (secondary N) is 2. The zero-order chi connectivity index (χ0) is 19.6. The second-order valence-corrected chi connectivity index (χ2v) is 6.56. The molecule has 0 bridgehead atoms. The van der Waals surface area contributed by atoms with E-state index in [0.717, 1.165) is 23.2 Å². The van der Waals surface area contributed by atoms with Crippen LogP contribution < -0.4 is 10.9 Å². The second-order valence-electron chi connectivity index (χ2n) is 6.56. The number of nitrogens with zero attached hydrogens (tertiary/aromatic N) is 5. The van der Waals surface area contributed by atoms with Crippen LogP contribution in [0, 0.1) is 0 Å². The molecule has 0 aliphatic rings. The van der Waals surface area contributed by atoms with Gasteiger partial charge in [-0.1, -0.05) is 24.3 Å². The number of para-hydroxylation sites is 1. The van der Waals surface area contributed by atoms with Gasteiger partial charge in [-0.15, -0.1) is 0 Å². The predicted octanol–water partition coefficient (Wildman–Crippen LogP) is 2.71. The predicted molar refractivity (Wildman–Crippen MR) is 111 cm³/mol. The van der Waals surface area contributed by atoms with E-state index in [1.165, 1.54) is 6.20 Å². The lowest BCUT2D eigenvalue weighted by Crippen LogP contribution is -2.20. The monoisotopic (exact) mass is 383 g/mol. The van der Waals surface area contributed by atoms with Gasteiger partial charge in [-0.25, -0.2) is 4.98 Å². The van der Waals surface area contributed by atoms with Crippen LogP contribution in [0.4, 0.5) is 5.95 Å². The number of aromatic amines is 1. The van der Waals surface area contributed by atoms with Crippen molar-refractivity contribution < 1.29 is 0 Å². The Bertz CT molecular complexity index is 1340. The van der Waals surface area contributed by atoms with E-state index in [1.807, 2.05) is 48.5 Å². The number of H-pyrrole nitrogens is 1. The molecule has 0 saturated heterocycles. The quantitative estimate of drug-likeness (QED) is 0.484. The molecule has 0 radical (unpaired) electrons. The second kappa shape index (κ2) is 7.16. The third-order valence-electron chi connectivity index (χ3n) is 4.73. The average molecular weight is 383 g/mol. The van der Waals surface area contributed by atoms with Crippen LogP contribution >= 0.6 is 0 Å². The van der Waals surface area contributed by atoms with Gasteiger partial charge in [-0.2, -0.15) is 10.1 Å². The van der Waals surface area contributed by atoms with Crippen molar-refractivity contribution >= 4 is 27.9 Å². The first-order chi connectivity index (χ1) is 14.3. The third-order valence-corrected chi connectivity index (χ3v) is 4.73. The van der Waals surface area contributed by atoms with Gasteiger partial charge in [0.05, 0.1) is 28.2 Å². The molecule has 29 heavy (non-hydrogen) atoms. The van der Waals surface area contributed by atoms with Crippen molar-refractivity contribution in [2.75, 3.05) is 11.9 Å². The van der Waals surface area contributed by atoms with Crippen molar-refractivity contribution in [1.82, 2.24) is 29.7 Å². The molecule has 2 N–H and O–H groups in total. The summed E-state index contributed by atoms with van der Waals surface area (Å²) in [5.74, 6) is 0.455. The van der Waals surface area contributed by atoms with Gasteiger partial charge < -0.3 is 5.32 Å². The molecule has 5 rings (SSSR count). The van der Waals surface area contributed by atoms with Gasteiger partial charge in [0.15, 0.2) is 5.65 Å². The van der Waals surface area contributed by atoms with Crippen LogP contribution in [0.25, 0.3) is 27.6 Å². The fraction of sp³-hybridized carbons (Fsp3) is 0.0952. The van der Waals surface area contributed by atoms with Gasteiger partial charge in [0.1, 0.15) is 0 Å². The molecule has 0 fully saturated rings. The first kappa shape index (κ1) is 17.1. The van der Waals surface area contributed by atoms with E-state index in [9.17, 15) is 4.79 Å². The fourth-order valence-corrected chi connectivity index (χ4v) is 3.34. The molecule has 0 aliphatic heterocycles. The number of hydrogen-bond donors (Lipinski definition) is 2. The Morgan fingerprint density at radius 2 is 1.83 bits per heavy atom. The minimum atomic E-state index is -0.175. The fourth-order valence-electron chi connectivity index (χ4n) is 3.34. The van der Waals surface area contributed by atoms with Gasteiger partial charge in [0.25, 0.3) is 5.56 Å². The van der Waals surface area contributed by atoms with Gasteiger partial charge >= 0.3 is 0 Å². The summed E-state index contributed by atoms with van der Waals surface area (Å²) in [6, 6.07) is 15.3. The van der Waals surface area contributed by atoms with E-state index in [4.69, 9.17) is 0 Å². The summed E-state index contributed by atoms with van der Waals surface area (Å²) in [5, 5.41) is 11.4. The molecule has 4 heterocycles. The van der Waals surface area contributed by atoms with E-state index < -0.39 is 0 Å². The largest absolute Gasteiger partial charge is 0.354 e. The number of fused-ring (bicyclic) bond motifs is 3. The highest BCUT2D eigenvalue weighted by Gasteiger charge is 2.16. The lowest BCUT2D eigenvalue weighted by molar-refractivity contribution is 0.938. The van der Waals surface area contributed by atoms with Crippen molar-refractivity contribution in [3.05, 3.63) is 83.2 Å². The SMILES string of the molecule is O=c1c2cn[nH]c2c2cnc(NCCc3ccccn3)nc2n1-c1ccccc1. The van der Waals surface area contributed by atoms with Crippen molar-refractivity contribution in [3.63, 3.8) is 0 Å². The van der Waals surface area contributed by atoms with Crippen LogP contribution in [0.15, 0.2) is 71.9 Å². The van der Waals surface area contributed by atoms with Gasteiger partial charge in [-0.3, -0.25) is 19.4 Å². The summed E-state index contributed by atoms with van der Waals surface area (Å²) in [5.41, 5.74) is 2.71. The van der Waals surface area contributed by atoms with Crippen LogP contribution in [0.3, 0.4) is 0 Å². The van der Waals surface area contributed by atoms with Crippen LogP contribution in [-0.4, -0.2) is 36.3 Å². The molecule has 0 aliphatic carbocycles. The summed E-state index contributed by atoms with van der Waals surface area (Å²) < 4.78 is 1.60. The Morgan fingerprint density at radius 1 is 0.966 bits per heavy atom. The van der Waals surface area contributed by atoms with Crippen molar-refractivity contribution in [2.24, 2.45) is 0 Å². The zero-order valence-corrected chi connectivity index (χ0v) is 15.4. The lowest BCUT2D eigenvalue weighted by atomic mass is 10.2. The molecule has 4 aromatic heterocycles. The molecule has 0 unspecified atom stereocenters. The number of anilines is 1. The molecule has 1 aromatic carbocycles. The smallest absolute Gasteiger partial charge is 0.267 e. The van der Waals surface area contributed by atoms with Crippen LogP contribution in [0.5, 0.6) is 0 Å². The Morgan fingerprint density at radius 3 is 2.66 bits per heavy atom. The minimum Gasteiger partial charge on any atom is -0.354 e. The van der Waals surface area contributed by atoms with Gasteiger partial charge in [0.2, 0.25) is 5.95 Å². The molecule has 0 spiro atoms. The Kier molecular flexibility index (Phi) is 4.21.